The van der Waals surface area contributed by atoms with Gasteiger partial charge in [0.1, 0.15) is 6.04 Å². The van der Waals surface area contributed by atoms with Gasteiger partial charge in [-0.25, -0.2) is 4.79 Å². The predicted octanol–water partition coefficient (Wildman–Crippen LogP) is 2.47. The summed E-state index contributed by atoms with van der Waals surface area (Å²) in [5.74, 6) is -1.96. The summed E-state index contributed by atoms with van der Waals surface area (Å²) in [5.41, 5.74) is 2.02. The van der Waals surface area contributed by atoms with Crippen LogP contribution in [0.1, 0.15) is 32.7 Å². The molecule has 2 aromatic rings. The molecule has 2 rings (SSSR count). The quantitative estimate of drug-likeness (QED) is 0.662. The molecule has 3 N–H and O–H groups in total. The molecule has 2 amide bonds. The molecule has 0 aliphatic rings. The maximum absolute atomic E-state index is 12.4. The van der Waals surface area contributed by atoms with Crippen LogP contribution in [0.15, 0.2) is 48.5 Å². The van der Waals surface area contributed by atoms with Crippen molar-refractivity contribution in [2.24, 2.45) is 0 Å². The van der Waals surface area contributed by atoms with Crippen molar-refractivity contribution in [1.82, 2.24) is 5.32 Å². The number of carbonyl (C=O) groups is 3. The van der Waals surface area contributed by atoms with Gasteiger partial charge in [0, 0.05) is 37.0 Å². The second kappa shape index (κ2) is 9.49. The van der Waals surface area contributed by atoms with E-state index in [2.05, 4.69) is 10.6 Å². The fraction of sp³-hybridized carbons (Fsp3) is 0.250. The highest BCUT2D eigenvalue weighted by molar-refractivity contribution is 6.05. The van der Waals surface area contributed by atoms with Gasteiger partial charge in [0.15, 0.2) is 0 Å². The molecule has 0 saturated heterocycles. The van der Waals surface area contributed by atoms with Crippen molar-refractivity contribution in [2.75, 3.05) is 19.0 Å². The highest BCUT2D eigenvalue weighted by Gasteiger charge is 2.21. The molecule has 0 bridgehead atoms. The Kier molecular flexibility index (Phi) is 7.08. The van der Waals surface area contributed by atoms with E-state index in [0.29, 0.717) is 11.3 Å². The molecule has 0 fully saturated rings. The van der Waals surface area contributed by atoms with Crippen molar-refractivity contribution in [2.45, 2.75) is 19.4 Å². The number of anilines is 1. The molecule has 0 aliphatic carbocycles. The van der Waals surface area contributed by atoms with Crippen LogP contribution in [0.25, 0.3) is 0 Å². The zero-order valence-corrected chi connectivity index (χ0v) is 15.2. The van der Waals surface area contributed by atoms with Gasteiger partial charge in [0.25, 0.3) is 11.8 Å². The number of hydrogen-bond acceptors (Lipinski definition) is 4. The lowest BCUT2D eigenvalue weighted by molar-refractivity contribution is -0.139. The molecular formula is C20H22N2O5. The minimum absolute atomic E-state index is 0.154. The van der Waals surface area contributed by atoms with E-state index in [1.807, 2.05) is 6.07 Å². The van der Waals surface area contributed by atoms with Crippen molar-refractivity contribution < 1.29 is 24.2 Å². The highest BCUT2D eigenvalue weighted by atomic mass is 16.5. The van der Waals surface area contributed by atoms with Crippen LogP contribution in [0.3, 0.4) is 0 Å². The number of aryl methyl sites for hydroxylation is 1. The smallest absolute Gasteiger partial charge is 0.326 e. The molecule has 1 unspecified atom stereocenters. The fourth-order valence-corrected chi connectivity index (χ4v) is 2.42. The summed E-state index contributed by atoms with van der Waals surface area (Å²) in [6, 6.07) is 12.5. The van der Waals surface area contributed by atoms with Crippen molar-refractivity contribution in [1.29, 1.82) is 0 Å². The number of hydrogen-bond donors (Lipinski definition) is 3. The first-order valence-corrected chi connectivity index (χ1v) is 8.42. The molecule has 0 radical (unpaired) electrons. The molecule has 0 heterocycles. The van der Waals surface area contributed by atoms with E-state index >= 15 is 0 Å². The zero-order valence-electron chi connectivity index (χ0n) is 15.2. The molecule has 0 aliphatic heterocycles. The van der Waals surface area contributed by atoms with E-state index in [4.69, 9.17) is 4.74 Å². The summed E-state index contributed by atoms with van der Waals surface area (Å²) >= 11 is 0. The lowest BCUT2D eigenvalue weighted by Gasteiger charge is -2.15. The lowest BCUT2D eigenvalue weighted by Crippen LogP contribution is -2.41. The van der Waals surface area contributed by atoms with Crippen LogP contribution in [0.5, 0.6) is 0 Å². The summed E-state index contributed by atoms with van der Waals surface area (Å²) in [5, 5.41) is 14.5. The number of carboxylic acid groups (broad SMARTS) is 1. The Morgan fingerprint density at radius 3 is 2.37 bits per heavy atom. The van der Waals surface area contributed by atoms with Gasteiger partial charge in [-0.3, -0.25) is 9.59 Å². The van der Waals surface area contributed by atoms with E-state index in [1.165, 1.54) is 13.2 Å². The molecule has 2 aromatic carbocycles. The third-order valence-electron chi connectivity index (χ3n) is 4.00. The Labute approximate surface area is 157 Å². The van der Waals surface area contributed by atoms with Crippen LogP contribution < -0.4 is 10.6 Å². The van der Waals surface area contributed by atoms with Gasteiger partial charge in [-0.15, -0.1) is 0 Å². The average molecular weight is 370 g/mol. The van der Waals surface area contributed by atoms with E-state index in [-0.39, 0.29) is 24.5 Å². The molecule has 0 spiro atoms. The van der Waals surface area contributed by atoms with Gasteiger partial charge in [-0.05, 0) is 36.8 Å². The summed E-state index contributed by atoms with van der Waals surface area (Å²) in [6.07, 6.45) is 0.154. The predicted molar refractivity (Wildman–Crippen MR) is 101 cm³/mol. The fourth-order valence-electron chi connectivity index (χ4n) is 2.42. The Morgan fingerprint density at radius 2 is 1.74 bits per heavy atom. The van der Waals surface area contributed by atoms with Crippen LogP contribution in [0.2, 0.25) is 0 Å². The molecule has 142 valence electrons. The number of amides is 2. The number of carbonyl (C=O) groups excluding carboxylic acids is 2. The maximum Gasteiger partial charge on any atom is 0.326 e. The third kappa shape index (κ3) is 5.65. The molecule has 7 heteroatoms. The van der Waals surface area contributed by atoms with E-state index in [0.717, 1.165) is 5.56 Å². The van der Waals surface area contributed by atoms with E-state index in [1.54, 1.807) is 43.3 Å². The molecule has 0 aromatic heterocycles. The van der Waals surface area contributed by atoms with Crippen LogP contribution in [-0.2, 0) is 9.53 Å². The first-order valence-electron chi connectivity index (χ1n) is 8.42. The van der Waals surface area contributed by atoms with E-state index in [9.17, 15) is 19.5 Å². The van der Waals surface area contributed by atoms with E-state index < -0.39 is 17.9 Å². The first-order chi connectivity index (χ1) is 12.9. The van der Waals surface area contributed by atoms with Gasteiger partial charge < -0.3 is 20.5 Å². The summed E-state index contributed by atoms with van der Waals surface area (Å²) in [7, 11) is 1.46. The second-order valence-electron chi connectivity index (χ2n) is 6.00. The van der Waals surface area contributed by atoms with Gasteiger partial charge >= 0.3 is 5.97 Å². The minimum atomic E-state index is -1.13. The van der Waals surface area contributed by atoms with Crippen molar-refractivity contribution in [3.63, 3.8) is 0 Å². The molecule has 27 heavy (non-hydrogen) atoms. The third-order valence-corrected chi connectivity index (χ3v) is 4.00. The Hall–Kier alpha value is -3.19. The Morgan fingerprint density at radius 1 is 1.04 bits per heavy atom. The van der Waals surface area contributed by atoms with Crippen molar-refractivity contribution in [3.8, 4) is 0 Å². The number of benzene rings is 2. The first kappa shape index (κ1) is 20.1. The van der Waals surface area contributed by atoms with Crippen LogP contribution in [0.4, 0.5) is 5.69 Å². The maximum atomic E-state index is 12.4. The number of methoxy groups -OCH3 is 1. The van der Waals surface area contributed by atoms with Crippen LogP contribution >= 0.6 is 0 Å². The average Bonchev–Trinajstić information content (AvgIpc) is 2.67. The summed E-state index contributed by atoms with van der Waals surface area (Å²) in [6.45, 7) is 2.02. The summed E-state index contributed by atoms with van der Waals surface area (Å²) in [4.78, 5) is 36.0. The van der Waals surface area contributed by atoms with Gasteiger partial charge in [-0.2, -0.15) is 0 Å². The second-order valence-corrected chi connectivity index (χ2v) is 6.00. The standard InChI is InChI=1S/C20H22N2O5/c1-13-8-9-15(19(24)21-16(20(25)26)10-11-27-2)12-17(13)22-18(23)14-6-4-3-5-7-14/h3-9,12,16H,10-11H2,1-2H3,(H,21,24)(H,22,23)(H,25,26). The number of rotatable bonds is 8. The van der Waals surface area contributed by atoms with Gasteiger partial charge in [0.05, 0.1) is 0 Å². The monoisotopic (exact) mass is 370 g/mol. The number of aliphatic carboxylic acids is 1. The molecular weight excluding hydrogens is 348 g/mol. The van der Waals surface area contributed by atoms with Crippen LogP contribution in [-0.4, -0.2) is 42.6 Å². The SMILES string of the molecule is COCCC(NC(=O)c1ccc(C)c(NC(=O)c2ccccc2)c1)C(=O)O. The normalized spacial score (nSPS) is 11.5. The zero-order chi connectivity index (χ0) is 19.8. The number of nitrogens with one attached hydrogen (secondary N) is 2. The molecule has 7 nitrogen and oxygen atoms in total. The molecule has 1 atom stereocenters. The Balaban J connectivity index is 2.14. The highest BCUT2D eigenvalue weighted by Crippen LogP contribution is 2.18. The summed E-state index contributed by atoms with van der Waals surface area (Å²) < 4.78 is 4.87. The van der Waals surface area contributed by atoms with Gasteiger partial charge in [0.2, 0.25) is 0 Å². The number of carboxylic acids is 1. The largest absolute Gasteiger partial charge is 0.480 e. The Bertz CT molecular complexity index is 820. The topological polar surface area (TPSA) is 105 Å². The van der Waals surface area contributed by atoms with Crippen LogP contribution in [0, 0.1) is 6.92 Å². The lowest BCUT2D eigenvalue weighted by atomic mass is 10.1. The van der Waals surface area contributed by atoms with Gasteiger partial charge in [-0.1, -0.05) is 24.3 Å². The number of ether oxygens (including phenoxy) is 1. The molecule has 0 saturated carbocycles. The van der Waals surface area contributed by atoms with Crippen molar-refractivity contribution >= 4 is 23.5 Å². The van der Waals surface area contributed by atoms with Crippen molar-refractivity contribution in [3.05, 3.63) is 65.2 Å². The minimum Gasteiger partial charge on any atom is -0.480 e.